The van der Waals surface area contributed by atoms with E-state index >= 15 is 0 Å². The van der Waals surface area contributed by atoms with Crippen molar-refractivity contribution in [1.82, 2.24) is 4.98 Å². The van der Waals surface area contributed by atoms with Crippen molar-refractivity contribution in [2.75, 3.05) is 11.4 Å². The Bertz CT molecular complexity index is 712. The van der Waals surface area contributed by atoms with Gasteiger partial charge >= 0.3 is 0 Å². The molecule has 0 spiro atoms. The molecule has 0 amide bonds. The molecule has 0 saturated carbocycles. The van der Waals surface area contributed by atoms with E-state index < -0.39 is 4.92 Å². The highest BCUT2D eigenvalue weighted by atomic mass is 16.6. The van der Waals surface area contributed by atoms with Crippen LogP contribution in [0.3, 0.4) is 0 Å². The summed E-state index contributed by atoms with van der Waals surface area (Å²) in [5.74, 6) is 0.766. The average molecular weight is 269 g/mol. The predicted molar refractivity (Wildman–Crippen MR) is 74.9 cm³/mol. The largest absolute Gasteiger partial charge is 0.507 e. The van der Waals surface area contributed by atoms with Gasteiger partial charge in [-0.1, -0.05) is 6.07 Å². The quantitative estimate of drug-likeness (QED) is 0.669. The molecule has 1 aromatic carbocycles. The molecule has 2 heterocycles. The van der Waals surface area contributed by atoms with Crippen molar-refractivity contribution < 1.29 is 10.0 Å². The Morgan fingerprint density at radius 2 is 2.15 bits per heavy atom. The van der Waals surface area contributed by atoms with E-state index in [1.165, 1.54) is 12.1 Å². The lowest BCUT2D eigenvalue weighted by molar-refractivity contribution is -0.384. The van der Waals surface area contributed by atoms with E-state index in [4.69, 9.17) is 0 Å². The molecule has 100 valence electrons. The molecule has 6 heteroatoms. The van der Waals surface area contributed by atoms with Crippen LogP contribution >= 0.6 is 0 Å². The van der Waals surface area contributed by atoms with Crippen molar-refractivity contribution in [2.45, 2.75) is 0 Å². The van der Waals surface area contributed by atoms with Crippen LogP contribution in [-0.2, 0) is 0 Å². The first kappa shape index (κ1) is 12.2. The van der Waals surface area contributed by atoms with Gasteiger partial charge in [0.15, 0.2) is 0 Å². The summed E-state index contributed by atoms with van der Waals surface area (Å²) in [6, 6.07) is 9.85. The van der Waals surface area contributed by atoms with Gasteiger partial charge in [0, 0.05) is 30.6 Å². The molecular formula is C14H11N3O3. The van der Waals surface area contributed by atoms with Gasteiger partial charge in [0.1, 0.15) is 11.6 Å². The number of non-ortho nitro benzene ring substituents is 1. The molecule has 6 nitrogen and oxygen atoms in total. The minimum atomic E-state index is -0.430. The van der Waals surface area contributed by atoms with Crippen LogP contribution in [0.2, 0.25) is 0 Å². The van der Waals surface area contributed by atoms with Crippen LogP contribution in [0.1, 0.15) is 5.56 Å². The summed E-state index contributed by atoms with van der Waals surface area (Å²) in [7, 11) is 0. The molecule has 1 aromatic heterocycles. The molecule has 1 N–H and O–H groups in total. The third kappa shape index (κ3) is 1.97. The SMILES string of the molecule is O=[N+]([O-])c1cccc(N2CC=C(O)c3cccnc32)c1. The van der Waals surface area contributed by atoms with Crippen molar-refractivity contribution in [3.63, 3.8) is 0 Å². The molecule has 0 unspecified atom stereocenters. The van der Waals surface area contributed by atoms with Crippen molar-refractivity contribution in [3.8, 4) is 0 Å². The highest BCUT2D eigenvalue weighted by Gasteiger charge is 2.21. The van der Waals surface area contributed by atoms with Crippen molar-refractivity contribution in [2.24, 2.45) is 0 Å². The number of aliphatic hydroxyl groups is 1. The van der Waals surface area contributed by atoms with Crippen LogP contribution in [0, 0.1) is 10.1 Å². The zero-order valence-electron chi connectivity index (χ0n) is 10.4. The Labute approximate surface area is 114 Å². The van der Waals surface area contributed by atoms with Crippen LogP contribution in [0.15, 0.2) is 48.7 Å². The molecule has 0 bridgehead atoms. The standard InChI is InChI=1S/C14H11N3O3/c18-13-6-8-16(14-12(13)5-2-7-15-14)10-3-1-4-11(9-10)17(19)20/h1-7,9,18H,8H2. The van der Waals surface area contributed by atoms with Crippen molar-refractivity contribution in [3.05, 3.63) is 64.3 Å². The second-order valence-corrected chi connectivity index (χ2v) is 4.35. The van der Waals surface area contributed by atoms with Crippen molar-refractivity contribution >= 4 is 23.0 Å². The minimum absolute atomic E-state index is 0.0266. The third-order valence-corrected chi connectivity index (χ3v) is 3.14. The number of fused-ring (bicyclic) bond motifs is 1. The second-order valence-electron chi connectivity index (χ2n) is 4.35. The number of pyridine rings is 1. The monoisotopic (exact) mass is 269 g/mol. The molecule has 2 aromatic rings. The Morgan fingerprint density at radius 3 is 2.95 bits per heavy atom. The van der Waals surface area contributed by atoms with E-state index in [1.807, 2.05) is 4.90 Å². The molecule has 3 rings (SSSR count). The molecule has 0 atom stereocenters. The number of nitrogens with zero attached hydrogens (tertiary/aromatic N) is 3. The van der Waals surface area contributed by atoms with Gasteiger partial charge in [0.25, 0.3) is 5.69 Å². The fraction of sp³-hybridized carbons (Fsp3) is 0.0714. The summed E-state index contributed by atoms with van der Waals surface area (Å²) in [5.41, 5.74) is 1.31. The van der Waals surface area contributed by atoms with E-state index in [1.54, 1.807) is 36.5 Å². The van der Waals surface area contributed by atoms with Gasteiger partial charge < -0.3 is 10.0 Å². The zero-order valence-corrected chi connectivity index (χ0v) is 10.4. The Morgan fingerprint density at radius 1 is 1.30 bits per heavy atom. The fourth-order valence-electron chi connectivity index (χ4n) is 2.19. The van der Waals surface area contributed by atoms with Crippen LogP contribution in [0.25, 0.3) is 5.76 Å². The molecule has 20 heavy (non-hydrogen) atoms. The fourth-order valence-corrected chi connectivity index (χ4v) is 2.19. The summed E-state index contributed by atoms with van der Waals surface area (Å²) in [6.07, 6.45) is 3.28. The lowest BCUT2D eigenvalue weighted by Gasteiger charge is -2.27. The summed E-state index contributed by atoms with van der Waals surface area (Å²) < 4.78 is 0. The van der Waals surface area contributed by atoms with Gasteiger partial charge in [0.05, 0.1) is 10.5 Å². The minimum Gasteiger partial charge on any atom is -0.507 e. The summed E-state index contributed by atoms with van der Waals surface area (Å²) in [6.45, 7) is 0.414. The van der Waals surface area contributed by atoms with Gasteiger partial charge in [0.2, 0.25) is 0 Å². The predicted octanol–water partition coefficient (Wildman–Crippen LogP) is 3.04. The van der Waals surface area contributed by atoms with E-state index in [9.17, 15) is 15.2 Å². The van der Waals surface area contributed by atoms with Crippen molar-refractivity contribution in [1.29, 1.82) is 0 Å². The first-order chi connectivity index (χ1) is 9.66. The average Bonchev–Trinajstić information content (AvgIpc) is 2.48. The van der Waals surface area contributed by atoms with Crippen LogP contribution < -0.4 is 4.90 Å². The molecule has 1 aliphatic rings. The maximum atomic E-state index is 10.9. The number of nitro groups is 1. The smallest absolute Gasteiger partial charge is 0.271 e. The van der Waals surface area contributed by atoms with Gasteiger partial charge in [-0.15, -0.1) is 0 Å². The van der Waals surface area contributed by atoms with Gasteiger partial charge in [-0.25, -0.2) is 4.98 Å². The number of aromatic nitrogens is 1. The van der Waals surface area contributed by atoms with E-state index in [2.05, 4.69) is 4.98 Å². The zero-order chi connectivity index (χ0) is 14.1. The van der Waals surface area contributed by atoms with Gasteiger partial charge in [-0.3, -0.25) is 10.1 Å². The highest BCUT2D eigenvalue weighted by Crippen LogP contribution is 2.34. The topological polar surface area (TPSA) is 79.5 Å². The number of hydrogen-bond donors (Lipinski definition) is 1. The Balaban J connectivity index is 2.08. The molecule has 0 fully saturated rings. The number of aliphatic hydroxyl groups excluding tert-OH is 1. The Hall–Kier alpha value is -2.89. The molecule has 0 saturated heterocycles. The normalized spacial score (nSPS) is 13.6. The second kappa shape index (κ2) is 4.65. The summed E-state index contributed by atoms with van der Waals surface area (Å²) in [5, 5.41) is 20.7. The summed E-state index contributed by atoms with van der Waals surface area (Å²) in [4.78, 5) is 16.5. The maximum absolute atomic E-state index is 10.9. The number of rotatable bonds is 2. The number of anilines is 2. The molecule has 1 aliphatic heterocycles. The number of nitro benzene ring substituents is 1. The lowest BCUT2D eigenvalue weighted by Crippen LogP contribution is -2.23. The van der Waals surface area contributed by atoms with Crippen LogP contribution in [0.4, 0.5) is 17.2 Å². The number of benzene rings is 1. The van der Waals surface area contributed by atoms with E-state index in [0.29, 0.717) is 23.6 Å². The molecule has 0 radical (unpaired) electrons. The maximum Gasteiger partial charge on any atom is 0.271 e. The van der Waals surface area contributed by atoms with Gasteiger partial charge in [-0.2, -0.15) is 0 Å². The summed E-state index contributed by atoms with van der Waals surface area (Å²) >= 11 is 0. The first-order valence-electron chi connectivity index (χ1n) is 6.03. The number of hydrogen-bond acceptors (Lipinski definition) is 5. The first-order valence-corrected chi connectivity index (χ1v) is 6.03. The van der Waals surface area contributed by atoms with E-state index in [-0.39, 0.29) is 11.4 Å². The lowest BCUT2D eigenvalue weighted by atomic mass is 10.1. The third-order valence-electron chi connectivity index (χ3n) is 3.14. The van der Waals surface area contributed by atoms with E-state index in [0.717, 1.165) is 0 Å². The Kier molecular flexibility index (Phi) is 2.83. The van der Waals surface area contributed by atoms with Gasteiger partial charge in [-0.05, 0) is 24.3 Å². The van der Waals surface area contributed by atoms with Crippen LogP contribution in [-0.4, -0.2) is 21.6 Å². The van der Waals surface area contributed by atoms with Crippen LogP contribution in [0.5, 0.6) is 0 Å². The molecular weight excluding hydrogens is 258 g/mol. The highest BCUT2D eigenvalue weighted by molar-refractivity contribution is 5.78. The molecule has 0 aliphatic carbocycles.